The molecule has 2 rings (SSSR count). The van der Waals surface area contributed by atoms with Crippen LogP contribution in [0.3, 0.4) is 0 Å². The zero-order valence-corrected chi connectivity index (χ0v) is 12.9. The van der Waals surface area contributed by atoms with E-state index in [-0.39, 0.29) is 0 Å². The van der Waals surface area contributed by atoms with Gasteiger partial charge in [-0.2, -0.15) is 4.98 Å². The quantitative estimate of drug-likeness (QED) is 0.809. The van der Waals surface area contributed by atoms with Crippen molar-refractivity contribution in [3.8, 4) is 5.75 Å². The lowest BCUT2D eigenvalue weighted by Gasteiger charge is -2.13. The molecule has 1 aromatic carbocycles. The summed E-state index contributed by atoms with van der Waals surface area (Å²) in [5.74, 6) is 2.29. The molecule has 1 aromatic heterocycles. The van der Waals surface area contributed by atoms with E-state index in [1.807, 2.05) is 19.1 Å². The molecule has 1 atom stereocenters. The summed E-state index contributed by atoms with van der Waals surface area (Å²) in [6.45, 7) is 4.88. The highest BCUT2D eigenvalue weighted by Gasteiger charge is 2.05. The second kappa shape index (κ2) is 7.78. The highest BCUT2D eigenvalue weighted by atomic mass is 16.5. The average molecular weight is 289 g/mol. The van der Waals surface area contributed by atoms with Gasteiger partial charge in [-0.1, -0.05) is 17.3 Å². The molecule has 5 nitrogen and oxygen atoms in total. The minimum Gasteiger partial charge on any atom is -0.497 e. The Morgan fingerprint density at radius 1 is 1.24 bits per heavy atom. The molecule has 0 amide bonds. The Morgan fingerprint density at radius 3 is 2.62 bits per heavy atom. The van der Waals surface area contributed by atoms with Crippen molar-refractivity contribution in [2.45, 2.75) is 39.2 Å². The molecule has 1 heterocycles. The first-order chi connectivity index (χ1) is 10.2. The van der Waals surface area contributed by atoms with E-state index in [1.165, 1.54) is 5.56 Å². The third-order valence-corrected chi connectivity index (χ3v) is 3.43. The molecule has 0 radical (unpaired) electrons. The molecule has 0 saturated carbocycles. The maximum Gasteiger partial charge on any atom is 0.227 e. The predicted octanol–water partition coefficient (Wildman–Crippen LogP) is 2.54. The lowest BCUT2D eigenvalue weighted by atomic mass is 10.1. The second-order valence-corrected chi connectivity index (χ2v) is 5.23. The van der Waals surface area contributed by atoms with Crippen LogP contribution < -0.4 is 10.1 Å². The number of benzene rings is 1. The van der Waals surface area contributed by atoms with Crippen molar-refractivity contribution in [2.24, 2.45) is 0 Å². The number of nitrogens with zero attached hydrogens (tertiary/aromatic N) is 2. The number of rotatable bonds is 8. The van der Waals surface area contributed by atoms with Gasteiger partial charge in [0.1, 0.15) is 5.75 Å². The molecule has 0 fully saturated rings. The molecular weight excluding hydrogens is 266 g/mol. The van der Waals surface area contributed by atoms with Crippen LogP contribution >= 0.6 is 0 Å². The van der Waals surface area contributed by atoms with Crippen LogP contribution in [0.4, 0.5) is 0 Å². The minimum atomic E-state index is 0.455. The Balaban J connectivity index is 1.65. The molecule has 1 unspecified atom stereocenters. The maximum atomic E-state index is 5.16. The first kappa shape index (κ1) is 15.5. The van der Waals surface area contributed by atoms with Gasteiger partial charge in [0.05, 0.1) is 7.11 Å². The summed E-state index contributed by atoms with van der Waals surface area (Å²) in [4.78, 5) is 4.19. The van der Waals surface area contributed by atoms with Gasteiger partial charge in [-0.05, 0) is 44.4 Å². The molecule has 0 aliphatic rings. The van der Waals surface area contributed by atoms with Gasteiger partial charge >= 0.3 is 0 Å². The van der Waals surface area contributed by atoms with Crippen LogP contribution in [0.1, 0.15) is 30.6 Å². The number of nitrogens with one attached hydrogen (secondary N) is 1. The van der Waals surface area contributed by atoms with Crippen LogP contribution in [0.15, 0.2) is 28.8 Å². The van der Waals surface area contributed by atoms with Gasteiger partial charge in [-0.3, -0.25) is 0 Å². The molecule has 114 valence electrons. The van der Waals surface area contributed by atoms with E-state index in [2.05, 4.69) is 34.5 Å². The fraction of sp³-hybridized carbons (Fsp3) is 0.500. The fourth-order valence-electron chi connectivity index (χ4n) is 2.14. The largest absolute Gasteiger partial charge is 0.497 e. The van der Waals surface area contributed by atoms with E-state index in [4.69, 9.17) is 9.26 Å². The number of aromatic nitrogens is 2. The summed E-state index contributed by atoms with van der Waals surface area (Å²) >= 11 is 0. The summed E-state index contributed by atoms with van der Waals surface area (Å²) in [6.07, 6.45) is 2.92. The number of methoxy groups -OCH3 is 1. The third-order valence-electron chi connectivity index (χ3n) is 3.43. The highest BCUT2D eigenvalue weighted by Crippen LogP contribution is 2.13. The average Bonchev–Trinajstić information content (AvgIpc) is 2.91. The summed E-state index contributed by atoms with van der Waals surface area (Å²) in [7, 11) is 1.69. The van der Waals surface area contributed by atoms with Gasteiger partial charge in [-0.15, -0.1) is 0 Å². The summed E-state index contributed by atoms with van der Waals surface area (Å²) in [6, 6.07) is 8.70. The van der Waals surface area contributed by atoms with Crippen molar-refractivity contribution in [2.75, 3.05) is 13.7 Å². The summed E-state index contributed by atoms with van der Waals surface area (Å²) in [5, 5.41) is 7.26. The molecule has 0 saturated heterocycles. The Hall–Kier alpha value is -1.88. The standard InChI is InChI=1S/C16H23N3O2/c1-12(17-11-10-16-18-13(2)19-21-16)4-5-14-6-8-15(20-3)9-7-14/h6-9,12,17H,4-5,10-11H2,1-3H3. The summed E-state index contributed by atoms with van der Waals surface area (Å²) < 4.78 is 10.2. The van der Waals surface area contributed by atoms with E-state index in [0.717, 1.165) is 31.6 Å². The van der Waals surface area contributed by atoms with E-state index < -0.39 is 0 Å². The SMILES string of the molecule is COc1ccc(CCC(C)NCCc2nc(C)no2)cc1. The number of ether oxygens (including phenoxy) is 1. The third kappa shape index (κ3) is 5.19. The molecule has 1 N–H and O–H groups in total. The monoisotopic (exact) mass is 289 g/mol. The fourth-order valence-corrected chi connectivity index (χ4v) is 2.14. The predicted molar refractivity (Wildman–Crippen MR) is 81.5 cm³/mol. The Bertz CT molecular complexity index is 537. The van der Waals surface area contributed by atoms with Crippen molar-refractivity contribution < 1.29 is 9.26 Å². The van der Waals surface area contributed by atoms with Gasteiger partial charge in [0, 0.05) is 19.0 Å². The lowest BCUT2D eigenvalue weighted by Crippen LogP contribution is -2.28. The van der Waals surface area contributed by atoms with E-state index in [9.17, 15) is 0 Å². The molecule has 0 aliphatic heterocycles. The van der Waals surface area contributed by atoms with Crippen molar-refractivity contribution in [3.63, 3.8) is 0 Å². The topological polar surface area (TPSA) is 60.2 Å². The van der Waals surface area contributed by atoms with Crippen LogP contribution in [0.5, 0.6) is 5.75 Å². The molecule has 2 aromatic rings. The first-order valence-electron chi connectivity index (χ1n) is 7.33. The van der Waals surface area contributed by atoms with E-state index >= 15 is 0 Å². The molecule has 0 aliphatic carbocycles. The Labute approximate surface area is 125 Å². The molecule has 0 spiro atoms. The van der Waals surface area contributed by atoms with Crippen molar-refractivity contribution in [3.05, 3.63) is 41.5 Å². The first-order valence-corrected chi connectivity index (χ1v) is 7.33. The number of hydrogen-bond acceptors (Lipinski definition) is 5. The van der Waals surface area contributed by atoms with E-state index in [0.29, 0.717) is 17.8 Å². The smallest absolute Gasteiger partial charge is 0.227 e. The number of hydrogen-bond donors (Lipinski definition) is 1. The van der Waals surface area contributed by atoms with Crippen molar-refractivity contribution >= 4 is 0 Å². The van der Waals surface area contributed by atoms with Gasteiger partial charge in [0.25, 0.3) is 0 Å². The summed E-state index contributed by atoms with van der Waals surface area (Å²) in [5.41, 5.74) is 1.33. The minimum absolute atomic E-state index is 0.455. The van der Waals surface area contributed by atoms with Crippen LogP contribution in [-0.4, -0.2) is 29.8 Å². The molecular formula is C16H23N3O2. The molecule has 21 heavy (non-hydrogen) atoms. The van der Waals surface area contributed by atoms with Gasteiger partial charge < -0.3 is 14.6 Å². The van der Waals surface area contributed by atoms with Crippen molar-refractivity contribution in [1.82, 2.24) is 15.5 Å². The van der Waals surface area contributed by atoms with Gasteiger partial charge in [-0.25, -0.2) is 0 Å². The number of aryl methyl sites for hydroxylation is 2. The zero-order valence-electron chi connectivity index (χ0n) is 12.9. The second-order valence-electron chi connectivity index (χ2n) is 5.23. The van der Waals surface area contributed by atoms with Gasteiger partial charge in [0.2, 0.25) is 5.89 Å². The maximum absolute atomic E-state index is 5.16. The normalized spacial score (nSPS) is 12.3. The van der Waals surface area contributed by atoms with Crippen LogP contribution in [0, 0.1) is 6.92 Å². The Kier molecular flexibility index (Phi) is 5.75. The molecule has 5 heteroatoms. The lowest BCUT2D eigenvalue weighted by molar-refractivity contribution is 0.369. The van der Waals surface area contributed by atoms with Crippen LogP contribution in [0.25, 0.3) is 0 Å². The van der Waals surface area contributed by atoms with Crippen LogP contribution in [0.2, 0.25) is 0 Å². The van der Waals surface area contributed by atoms with Crippen LogP contribution in [-0.2, 0) is 12.8 Å². The molecule has 0 bridgehead atoms. The zero-order chi connectivity index (χ0) is 15.1. The van der Waals surface area contributed by atoms with Gasteiger partial charge in [0.15, 0.2) is 5.82 Å². The van der Waals surface area contributed by atoms with Crippen molar-refractivity contribution in [1.29, 1.82) is 0 Å². The van der Waals surface area contributed by atoms with E-state index in [1.54, 1.807) is 7.11 Å². The Morgan fingerprint density at radius 2 is 2.00 bits per heavy atom. The highest BCUT2D eigenvalue weighted by molar-refractivity contribution is 5.27.